The third-order valence-electron chi connectivity index (χ3n) is 2.73. The van der Waals surface area contributed by atoms with Crippen LogP contribution in [-0.2, 0) is 6.54 Å². The SMILES string of the molecule is Clc1nc(NCc2ccccc2Br)nc(-n2ccnc2)n1. The van der Waals surface area contributed by atoms with Gasteiger partial charge in [-0.3, -0.25) is 4.57 Å². The van der Waals surface area contributed by atoms with Gasteiger partial charge in [0.05, 0.1) is 0 Å². The Bertz CT molecular complexity index is 746. The molecule has 21 heavy (non-hydrogen) atoms. The number of anilines is 1. The average Bonchev–Trinajstić information content (AvgIpc) is 3.00. The lowest BCUT2D eigenvalue weighted by Crippen LogP contribution is -2.08. The fourth-order valence-corrected chi connectivity index (χ4v) is 2.31. The highest BCUT2D eigenvalue weighted by atomic mass is 79.9. The second-order valence-corrected chi connectivity index (χ2v) is 5.34. The quantitative estimate of drug-likeness (QED) is 0.769. The van der Waals surface area contributed by atoms with Crippen molar-refractivity contribution in [2.24, 2.45) is 0 Å². The molecule has 0 aliphatic carbocycles. The summed E-state index contributed by atoms with van der Waals surface area (Å²) < 4.78 is 2.68. The molecule has 3 rings (SSSR count). The third kappa shape index (κ3) is 3.37. The van der Waals surface area contributed by atoms with E-state index >= 15 is 0 Å². The molecule has 1 aromatic carbocycles. The van der Waals surface area contributed by atoms with Gasteiger partial charge in [0.25, 0.3) is 0 Å². The van der Waals surface area contributed by atoms with E-state index in [1.54, 1.807) is 23.3 Å². The van der Waals surface area contributed by atoms with Crippen LogP contribution in [0.3, 0.4) is 0 Å². The maximum absolute atomic E-state index is 5.93. The Labute approximate surface area is 134 Å². The van der Waals surface area contributed by atoms with Gasteiger partial charge >= 0.3 is 0 Å². The van der Waals surface area contributed by atoms with Crippen LogP contribution in [0.15, 0.2) is 47.5 Å². The average molecular weight is 366 g/mol. The predicted molar refractivity (Wildman–Crippen MR) is 83.4 cm³/mol. The first-order valence-electron chi connectivity index (χ1n) is 6.09. The minimum Gasteiger partial charge on any atom is -0.350 e. The molecular formula is C13H10BrClN6. The van der Waals surface area contributed by atoms with Gasteiger partial charge in [-0.2, -0.15) is 15.0 Å². The van der Waals surface area contributed by atoms with Gasteiger partial charge in [-0.1, -0.05) is 34.1 Å². The first-order chi connectivity index (χ1) is 10.2. The number of imidazole rings is 1. The van der Waals surface area contributed by atoms with E-state index in [1.807, 2.05) is 24.3 Å². The molecule has 0 amide bonds. The van der Waals surface area contributed by atoms with Gasteiger partial charge < -0.3 is 5.32 Å². The number of rotatable bonds is 4. The normalized spacial score (nSPS) is 10.6. The second kappa shape index (κ2) is 6.19. The van der Waals surface area contributed by atoms with Gasteiger partial charge in [0.15, 0.2) is 0 Å². The summed E-state index contributed by atoms with van der Waals surface area (Å²) in [6, 6.07) is 7.93. The molecule has 0 radical (unpaired) electrons. The van der Waals surface area contributed by atoms with Crippen LogP contribution in [-0.4, -0.2) is 24.5 Å². The molecule has 0 aliphatic heterocycles. The Hall–Kier alpha value is -1.99. The van der Waals surface area contributed by atoms with Crippen molar-refractivity contribution < 1.29 is 0 Å². The van der Waals surface area contributed by atoms with E-state index in [4.69, 9.17) is 11.6 Å². The summed E-state index contributed by atoms with van der Waals surface area (Å²) in [5, 5.41) is 3.26. The molecule has 0 unspecified atom stereocenters. The van der Waals surface area contributed by atoms with Crippen LogP contribution < -0.4 is 5.32 Å². The fourth-order valence-electron chi connectivity index (χ4n) is 1.73. The zero-order chi connectivity index (χ0) is 14.7. The van der Waals surface area contributed by atoms with Gasteiger partial charge in [-0.05, 0) is 23.2 Å². The van der Waals surface area contributed by atoms with E-state index in [0.717, 1.165) is 10.0 Å². The van der Waals surface area contributed by atoms with E-state index in [0.29, 0.717) is 18.4 Å². The molecular weight excluding hydrogens is 356 g/mol. The highest BCUT2D eigenvalue weighted by Gasteiger charge is 2.07. The fraction of sp³-hybridized carbons (Fsp3) is 0.0769. The van der Waals surface area contributed by atoms with E-state index in [9.17, 15) is 0 Å². The third-order valence-corrected chi connectivity index (χ3v) is 3.67. The Morgan fingerprint density at radius 2 is 2.05 bits per heavy atom. The predicted octanol–water partition coefficient (Wildman–Crippen LogP) is 3.09. The summed E-state index contributed by atoms with van der Waals surface area (Å²) in [5.74, 6) is 0.830. The standard InChI is InChI=1S/C13H10BrClN6/c14-10-4-2-1-3-9(10)7-17-12-18-11(15)19-13(20-12)21-6-5-16-8-21/h1-6,8H,7H2,(H,17,18,19,20). The van der Waals surface area contributed by atoms with Crippen LogP contribution in [0.2, 0.25) is 5.28 Å². The first kappa shape index (κ1) is 14.0. The van der Waals surface area contributed by atoms with Crippen LogP contribution in [0.25, 0.3) is 5.95 Å². The Kier molecular flexibility index (Phi) is 4.12. The summed E-state index contributed by atoms with van der Waals surface area (Å²) in [6.07, 6.45) is 4.98. The summed E-state index contributed by atoms with van der Waals surface area (Å²) >= 11 is 9.43. The Balaban J connectivity index is 1.81. The van der Waals surface area contributed by atoms with Crippen LogP contribution >= 0.6 is 27.5 Å². The molecule has 0 fully saturated rings. The van der Waals surface area contributed by atoms with Crippen molar-refractivity contribution in [2.45, 2.75) is 6.54 Å². The molecule has 2 aromatic heterocycles. The molecule has 0 saturated carbocycles. The Morgan fingerprint density at radius 1 is 1.19 bits per heavy atom. The summed E-state index contributed by atoms with van der Waals surface area (Å²) in [4.78, 5) is 16.4. The Morgan fingerprint density at radius 3 is 2.81 bits per heavy atom. The number of halogens is 2. The molecule has 1 N–H and O–H groups in total. The van der Waals surface area contributed by atoms with Crippen LogP contribution in [0.4, 0.5) is 5.95 Å². The molecule has 2 heterocycles. The van der Waals surface area contributed by atoms with Crippen molar-refractivity contribution in [1.29, 1.82) is 0 Å². The van der Waals surface area contributed by atoms with E-state index < -0.39 is 0 Å². The van der Waals surface area contributed by atoms with Crippen molar-refractivity contribution in [3.63, 3.8) is 0 Å². The number of aromatic nitrogens is 5. The smallest absolute Gasteiger partial charge is 0.241 e. The van der Waals surface area contributed by atoms with Crippen molar-refractivity contribution in [3.8, 4) is 5.95 Å². The molecule has 8 heteroatoms. The van der Waals surface area contributed by atoms with Crippen molar-refractivity contribution in [2.75, 3.05) is 5.32 Å². The van der Waals surface area contributed by atoms with E-state index in [2.05, 4.69) is 41.2 Å². The van der Waals surface area contributed by atoms with Gasteiger partial charge in [-0.25, -0.2) is 4.98 Å². The lowest BCUT2D eigenvalue weighted by Gasteiger charge is -2.08. The number of benzene rings is 1. The molecule has 3 aromatic rings. The molecule has 0 spiro atoms. The van der Waals surface area contributed by atoms with Crippen LogP contribution in [0.1, 0.15) is 5.56 Å². The topological polar surface area (TPSA) is 68.5 Å². The second-order valence-electron chi connectivity index (χ2n) is 4.14. The zero-order valence-corrected chi connectivity index (χ0v) is 13.1. The molecule has 0 aliphatic rings. The summed E-state index contributed by atoms with van der Waals surface area (Å²) in [6.45, 7) is 0.575. The molecule has 0 atom stereocenters. The highest BCUT2D eigenvalue weighted by Crippen LogP contribution is 2.17. The van der Waals surface area contributed by atoms with Gasteiger partial charge in [0.1, 0.15) is 6.33 Å². The van der Waals surface area contributed by atoms with E-state index in [-0.39, 0.29) is 5.28 Å². The lowest BCUT2D eigenvalue weighted by atomic mass is 10.2. The van der Waals surface area contributed by atoms with Crippen LogP contribution in [0, 0.1) is 0 Å². The molecule has 0 saturated heterocycles. The van der Waals surface area contributed by atoms with Crippen molar-refractivity contribution >= 4 is 33.5 Å². The largest absolute Gasteiger partial charge is 0.350 e. The van der Waals surface area contributed by atoms with Crippen molar-refractivity contribution in [3.05, 3.63) is 58.3 Å². The van der Waals surface area contributed by atoms with Gasteiger partial charge in [0.2, 0.25) is 17.2 Å². The minimum atomic E-state index is 0.128. The monoisotopic (exact) mass is 364 g/mol. The van der Waals surface area contributed by atoms with E-state index in [1.165, 1.54) is 0 Å². The molecule has 6 nitrogen and oxygen atoms in total. The number of hydrogen-bond acceptors (Lipinski definition) is 5. The summed E-state index contributed by atoms with van der Waals surface area (Å²) in [5.41, 5.74) is 1.10. The maximum atomic E-state index is 5.93. The highest BCUT2D eigenvalue weighted by molar-refractivity contribution is 9.10. The van der Waals surface area contributed by atoms with Crippen molar-refractivity contribution in [1.82, 2.24) is 24.5 Å². The number of hydrogen-bond donors (Lipinski definition) is 1. The van der Waals surface area contributed by atoms with Gasteiger partial charge in [-0.15, -0.1) is 0 Å². The zero-order valence-electron chi connectivity index (χ0n) is 10.7. The minimum absolute atomic E-state index is 0.128. The number of nitrogens with zero attached hydrogens (tertiary/aromatic N) is 5. The lowest BCUT2D eigenvalue weighted by molar-refractivity contribution is 0.888. The van der Waals surface area contributed by atoms with Gasteiger partial charge in [0, 0.05) is 23.4 Å². The maximum Gasteiger partial charge on any atom is 0.241 e. The molecule has 106 valence electrons. The number of nitrogens with one attached hydrogen (secondary N) is 1. The molecule has 0 bridgehead atoms. The first-order valence-corrected chi connectivity index (χ1v) is 7.26. The summed E-state index contributed by atoms with van der Waals surface area (Å²) in [7, 11) is 0. The van der Waals surface area contributed by atoms with Crippen LogP contribution in [0.5, 0.6) is 0 Å².